The number of aryl methyl sites for hydroxylation is 1. The molecule has 0 aliphatic heterocycles. The van der Waals surface area contributed by atoms with Gasteiger partial charge in [-0.3, -0.25) is 9.20 Å². The van der Waals surface area contributed by atoms with E-state index in [-0.39, 0.29) is 23.6 Å². The highest BCUT2D eigenvalue weighted by Crippen LogP contribution is 2.30. The van der Waals surface area contributed by atoms with Crippen LogP contribution in [-0.4, -0.2) is 27.4 Å². The van der Waals surface area contributed by atoms with Crippen LogP contribution in [-0.2, 0) is 6.18 Å². The standard InChI is InChI=1S/C22H23F3N4O/c1-14-4-2-5-15(12-14)21(30)27-17-10-8-16(9-11-17)26-19-6-3-7-20-28-18(13-29(19)20)22(23,24)25/h2-7,12-13,16-17,26H,8-11H2,1H3,(H,27,30)/t16-,17+. The van der Waals surface area contributed by atoms with Crippen molar-refractivity contribution in [3.05, 3.63) is 65.5 Å². The molecule has 0 unspecified atom stereocenters. The number of carbonyl (C=O) groups excluding carboxylic acids is 1. The second-order valence-electron chi connectivity index (χ2n) is 7.80. The number of benzene rings is 1. The first-order chi connectivity index (χ1) is 14.3. The van der Waals surface area contributed by atoms with Crippen LogP contribution in [0.1, 0.15) is 47.3 Å². The van der Waals surface area contributed by atoms with Gasteiger partial charge in [0, 0.05) is 23.8 Å². The summed E-state index contributed by atoms with van der Waals surface area (Å²) < 4.78 is 40.4. The summed E-state index contributed by atoms with van der Waals surface area (Å²) >= 11 is 0. The Labute approximate surface area is 172 Å². The summed E-state index contributed by atoms with van der Waals surface area (Å²) in [5.41, 5.74) is 1.05. The lowest BCUT2D eigenvalue weighted by Crippen LogP contribution is -2.40. The number of halogens is 3. The Hall–Kier alpha value is -3.03. The molecule has 0 atom stereocenters. The fourth-order valence-corrected chi connectivity index (χ4v) is 3.91. The molecule has 0 saturated heterocycles. The van der Waals surface area contributed by atoms with Crippen LogP contribution >= 0.6 is 0 Å². The number of hydrogen-bond donors (Lipinski definition) is 2. The number of pyridine rings is 1. The van der Waals surface area contributed by atoms with E-state index in [2.05, 4.69) is 15.6 Å². The van der Waals surface area contributed by atoms with Crippen molar-refractivity contribution >= 4 is 17.4 Å². The molecule has 0 spiro atoms. The van der Waals surface area contributed by atoms with Gasteiger partial charge in [0.2, 0.25) is 0 Å². The maximum atomic E-state index is 13.0. The largest absolute Gasteiger partial charge is 0.434 e. The number of rotatable bonds is 4. The molecule has 4 rings (SSSR count). The van der Waals surface area contributed by atoms with Gasteiger partial charge in [0.25, 0.3) is 5.91 Å². The number of alkyl halides is 3. The number of amides is 1. The van der Waals surface area contributed by atoms with Gasteiger partial charge in [-0.15, -0.1) is 0 Å². The maximum absolute atomic E-state index is 13.0. The molecule has 3 aromatic rings. The minimum absolute atomic E-state index is 0.0713. The van der Waals surface area contributed by atoms with Crippen molar-refractivity contribution in [2.75, 3.05) is 5.32 Å². The average molecular weight is 416 g/mol. The van der Waals surface area contributed by atoms with E-state index in [4.69, 9.17) is 0 Å². The summed E-state index contributed by atoms with van der Waals surface area (Å²) in [7, 11) is 0. The summed E-state index contributed by atoms with van der Waals surface area (Å²) in [5, 5.41) is 6.43. The van der Waals surface area contributed by atoms with Gasteiger partial charge >= 0.3 is 6.18 Å². The molecule has 2 heterocycles. The minimum Gasteiger partial charge on any atom is -0.368 e. The molecule has 5 nitrogen and oxygen atoms in total. The van der Waals surface area contributed by atoms with Gasteiger partial charge in [-0.05, 0) is 56.9 Å². The van der Waals surface area contributed by atoms with E-state index in [9.17, 15) is 18.0 Å². The quantitative estimate of drug-likeness (QED) is 0.642. The molecule has 2 N–H and O–H groups in total. The van der Waals surface area contributed by atoms with Crippen molar-refractivity contribution in [1.29, 1.82) is 0 Å². The van der Waals surface area contributed by atoms with E-state index < -0.39 is 11.9 Å². The number of anilines is 1. The van der Waals surface area contributed by atoms with Crippen molar-refractivity contribution in [1.82, 2.24) is 14.7 Å². The normalized spacial score (nSPS) is 19.6. The molecule has 2 aromatic heterocycles. The first kappa shape index (κ1) is 20.3. The van der Waals surface area contributed by atoms with Crippen LogP contribution in [0.15, 0.2) is 48.7 Å². The van der Waals surface area contributed by atoms with E-state index in [1.807, 2.05) is 25.1 Å². The van der Waals surface area contributed by atoms with Gasteiger partial charge in [-0.1, -0.05) is 23.8 Å². The van der Waals surface area contributed by atoms with E-state index >= 15 is 0 Å². The predicted molar refractivity (Wildman–Crippen MR) is 109 cm³/mol. The van der Waals surface area contributed by atoms with Crippen LogP contribution in [0, 0.1) is 6.92 Å². The molecule has 0 bridgehead atoms. The number of nitrogens with one attached hydrogen (secondary N) is 2. The summed E-state index contributed by atoms with van der Waals surface area (Å²) in [6, 6.07) is 12.7. The van der Waals surface area contributed by atoms with Crippen molar-refractivity contribution < 1.29 is 18.0 Å². The van der Waals surface area contributed by atoms with Crippen LogP contribution in [0.4, 0.5) is 19.0 Å². The lowest BCUT2D eigenvalue weighted by molar-refractivity contribution is -0.140. The van der Waals surface area contributed by atoms with E-state index in [1.54, 1.807) is 24.3 Å². The lowest BCUT2D eigenvalue weighted by Gasteiger charge is -2.30. The minimum atomic E-state index is -4.48. The molecule has 1 amide bonds. The van der Waals surface area contributed by atoms with Crippen LogP contribution in [0.3, 0.4) is 0 Å². The molecule has 1 aliphatic rings. The van der Waals surface area contributed by atoms with Gasteiger partial charge in [0.05, 0.1) is 0 Å². The first-order valence-electron chi connectivity index (χ1n) is 9.99. The van der Waals surface area contributed by atoms with Crippen molar-refractivity contribution in [2.24, 2.45) is 0 Å². The molecular weight excluding hydrogens is 393 g/mol. The molecular formula is C22H23F3N4O. The third kappa shape index (κ3) is 4.42. The molecule has 1 saturated carbocycles. The highest BCUT2D eigenvalue weighted by atomic mass is 19.4. The molecule has 0 radical (unpaired) electrons. The zero-order chi connectivity index (χ0) is 21.3. The number of hydrogen-bond acceptors (Lipinski definition) is 3. The molecule has 8 heteroatoms. The van der Waals surface area contributed by atoms with Gasteiger partial charge < -0.3 is 10.6 Å². The van der Waals surface area contributed by atoms with Crippen LogP contribution in [0.5, 0.6) is 0 Å². The number of carbonyl (C=O) groups is 1. The van der Waals surface area contributed by atoms with Crippen LogP contribution in [0.2, 0.25) is 0 Å². The first-order valence-corrected chi connectivity index (χ1v) is 9.99. The van der Waals surface area contributed by atoms with Gasteiger partial charge in [0.1, 0.15) is 11.5 Å². The molecule has 158 valence electrons. The molecule has 1 aliphatic carbocycles. The Morgan fingerprint density at radius 2 is 1.77 bits per heavy atom. The van der Waals surface area contributed by atoms with E-state index in [0.717, 1.165) is 37.4 Å². The average Bonchev–Trinajstić information content (AvgIpc) is 3.15. The zero-order valence-electron chi connectivity index (χ0n) is 16.5. The topological polar surface area (TPSA) is 58.4 Å². The zero-order valence-corrected chi connectivity index (χ0v) is 16.5. The van der Waals surface area contributed by atoms with Gasteiger partial charge in [-0.25, -0.2) is 4.98 Å². The number of aromatic nitrogens is 2. The lowest BCUT2D eigenvalue weighted by atomic mass is 9.91. The van der Waals surface area contributed by atoms with Crippen LogP contribution in [0.25, 0.3) is 5.65 Å². The second-order valence-corrected chi connectivity index (χ2v) is 7.80. The smallest absolute Gasteiger partial charge is 0.368 e. The number of fused-ring (bicyclic) bond motifs is 1. The SMILES string of the molecule is Cc1cccc(C(=O)N[C@H]2CC[C@@H](Nc3cccc4nc(C(F)(F)F)cn34)CC2)c1. The van der Waals surface area contributed by atoms with E-state index in [0.29, 0.717) is 11.4 Å². The Balaban J connectivity index is 1.37. The van der Waals surface area contributed by atoms with Crippen molar-refractivity contribution in [3.8, 4) is 0 Å². The van der Waals surface area contributed by atoms with E-state index in [1.165, 1.54) is 4.40 Å². The predicted octanol–water partition coefficient (Wildman–Crippen LogP) is 4.81. The Kier molecular flexibility index (Phi) is 5.40. The number of nitrogens with zero attached hydrogens (tertiary/aromatic N) is 2. The molecule has 1 fully saturated rings. The summed E-state index contributed by atoms with van der Waals surface area (Å²) in [5.74, 6) is 0.515. The number of imidazole rings is 1. The van der Waals surface area contributed by atoms with Gasteiger partial charge in [-0.2, -0.15) is 13.2 Å². The Morgan fingerprint density at radius 3 is 2.47 bits per heavy atom. The second kappa shape index (κ2) is 8.01. The fourth-order valence-electron chi connectivity index (χ4n) is 3.91. The third-order valence-electron chi connectivity index (χ3n) is 5.48. The van der Waals surface area contributed by atoms with Gasteiger partial charge in [0.15, 0.2) is 5.69 Å². The maximum Gasteiger partial charge on any atom is 0.434 e. The summed E-state index contributed by atoms with van der Waals surface area (Å²) in [6.07, 6.45) is -0.208. The monoisotopic (exact) mass is 416 g/mol. The highest BCUT2D eigenvalue weighted by Gasteiger charge is 2.34. The Bertz CT molecular complexity index is 1050. The Morgan fingerprint density at radius 1 is 1.07 bits per heavy atom. The van der Waals surface area contributed by atoms with Crippen molar-refractivity contribution in [3.63, 3.8) is 0 Å². The van der Waals surface area contributed by atoms with Crippen LogP contribution < -0.4 is 10.6 Å². The van der Waals surface area contributed by atoms with Crippen molar-refractivity contribution in [2.45, 2.75) is 50.9 Å². The summed E-state index contributed by atoms with van der Waals surface area (Å²) in [4.78, 5) is 16.1. The summed E-state index contributed by atoms with van der Waals surface area (Å²) in [6.45, 7) is 1.95. The third-order valence-corrected chi connectivity index (χ3v) is 5.48. The molecule has 30 heavy (non-hydrogen) atoms. The molecule has 1 aromatic carbocycles. The fraction of sp³-hybridized carbons (Fsp3) is 0.364. The highest BCUT2D eigenvalue weighted by molar-refractivity contribution is 5.94.